The lowest BCUT2D eigenvalue weighted by Gasteiger charge is -2.38. The van der Waals surface area contributed by atoms with Gasteiger partial charge in [-0.3, -0.25) is 4.79 Å². The molecule has 1 aliphatic rings. The van der Waals surface area contributed by atoms with Crippen LogP contribution in [0.1, 0.15) is 46.0 Å². The van der Waals surface area contributed by atoms with E-state index in [1.165, 1.54) is 0 Å². The Morgan fingerprint density at radius 2 is 1.94 bits per heavy atom. The number of rotatable bonds is 5. The monoisotopic (exact) mass is 278 g/mol. The Kier molecular flexibility index (Phi) is 4.10. The highest BCUT2D eigenvalue weighted by Gasteiger charge is 2.63. The van der Waals surface area contributed by atoms with Crippen LogP contribution in [0.5, 0.6) is 0 Å². The number of carboxylic acids is 1. The molecule has 0 spiro atoms. The van der Waals surface area contributed by atoms with E-state index in [0.29, 0.717) is 12.8 Å². The maximum atomic E-state index is 11.9. The lowest BCUT2D eigenvalue weighted by molar-refractivity contribution is -0.144. The van der Waals surface area contributed by atoms with E-state index in [-0.39, 0.29) is 25.2 Å². The van der Waals surface area contributed by atoms with E-state index in [2.05, 4.69) is 0 Å². The van der Waals surface area contributed by atoms with Crippen molar-refractivity contribution in [2.24, 2.45) is 16.8 Å². The molecule has 7 heteroatoms. The van der Waals surface area contributed by atoms with Gasteiger partial charge in [0, 0.05) is 0 Å². The second-order valence-electron chi connectivity index (χ2n) is 5.60. The van der Waals surface area contributed by atoms with Crippen molar-refractivity contribution in [2.45, 2.75) is 56.2 Å². The number of hydrogen-bond acceptors (Lipinski definition) is 4. The quantitative estimate of drug-likeness (QED) is 0.672. The van der Waals surface area contributed by atoms with Gasteiger partial charge in [-0.1, -0.05) is 13.8 Å². The Morgan fingerprint density at radius 3 is 2.33 bits per heavy atom. The van der Waals surface area contributed by atoms with Crippen molar-refractivity contribution in [3.63, 3.8) is 0 Å². The van der Waals surface area contributed by atoms with Gasteiger partial charge >= 0.3 is 5.97 Å². The average Bonchev–Trinajstić information content (AvgIpc) is 2.54. The molecule has 1 fully saturated rings. The zero-order chi connectivity index (χ0) is 14.2. The molecule has 1 aliphatic carbocycles. The topological polar surface area (TPSA) is 123 Å². The number of carboxylic acid groups (broad SMARTS) is 1. The van der Waals surface area contributed by atoms with Crippen LogP contribution in [0.3, 0.4) is 0 Å². The van der Waals surface area contributed by atoms with Crippen molar-refractivity contribution < 1.29 is 18.3 Å². The Labute approximate surface area is 108 Å². The number of carbonyl (C=O) groups is 1. The molecule has 0 heterocycles. The largest absolute Gasteiger partial charge is 0.480 e. The summed E-state index contributed by atoms with van der Waals surface area (Å²) in [6.07, 6.45) is 1.63. The second-order valence-corrected chi connectivity index (χ2v) is 7.47. The smallest absolute Gasteiger partial charge is 0.325 e. The van der Waals surface area contributed by atoms with Gasteiger partial charge in [-0.25, -0.2) is 13.6 Å². The molecule has 0 aliphatic heterocycles. The molecule has 1 saturated carbocycles. The summed E-state index contributed by atoms with van der Waals surface area (Å²) in [6, 6.07) is 0. The maximum absolute atomic E-state index is 11.9. The van der Waals surface area contributed by atoms with Gasteiger partial charge in [0.2, 0.25) is 10.0 Å². The van der Waals surface area contributed by atoms with Crippen LogP contribution in [-0.2, 0) is 14.8 Å². The van der Waals surface area contributed by atoms with E-state index >= 15 is 0 Å². The lowest BCUT2D eigenvalue weighted by Crippen LogP contribution is -2.67. The summed E-state index contributed by atoms with van der Waals surface area (Å²) in [4.78, 5) is 11.4. The normalized spacial score (nSPS) is 32.9. The van der Waals surface area contributed by atoms with E-state index in [1.54, 1.807) is 0 Å². The summed E-state index contributed by atoms with van der Waals surface area (Å²) < 4.78 is 22.3. The molecule has 106 valence electrons. The van der Waals surface area contributed by atoms with Crippen LogP contribution in [-0.4, -0.2) is 29.8 Å². The van der Waals surface area contributed by atoms with Gasteiger partial charge in [0.15, 0.2) is 0 Å². The van der Waals surface area contributed by atoms with Crippen molar-refractivity contribution in [3.8, 4) is 0 Å². The molecule has 2 atom stereocenters. The first-order valence-electron chi connectivity index (χ1n) is 6.11. The van der Waals surface area contributed by atoms with Gasteiger partial charge in [-0.2, -0.15) is 0 Å². The molecule has 0 aromatic rings. The molecule has 0 radical (unpaired) electrons. The minimum absolute atomic E-state index is 0.150. The fourth-order valence-electron chi connectivity index (χ4n) is 2.81. The van der Waals surface area contributed by atoms with Gasteiger partial charge in [-0.15, -0.1) is 0 Å². The summed E-state index contributed by atoms with van der Waals surface area (Å²) in [5, 5.41) is 14.6. The highest BCUT2D eigenvalue weighted by atomic mass is 32.2. The molecule has 0 aromatic heterocycles. The lowest BCUT2D eigenvalue weighted by atomic mass is 9.82. The fourth-order valence-corrected chi connectivity index (χ4v) is 4.34. The van der Waals surface area contributed by atoms with Gasteiger partial charge in [0.05, 0.1) is 0 Å². The summed E-state index contributed by atoms with van der Waals surface area (Å²) in [5.74, 6) is -1.01. The van der Waals surface area contributed by atoms with Crippen LogP contribution in [0.25, 0.3) is 0 Å². The van der Waals surface area contributed by atoms with Crippen molar-refractivity contribution >= 4 is 16.0 Å². The number of aliphatic carboxylic acids is 1. The zero-order valence-electron chi connectivity index (χ0n) is 10.8. The molecule has 6 nitrogen and oxygen atoms in total. The predicted molar refractivity (Wildman–Crippen MR) is 68.3 cm³/mol. The van der Waals surface area contributed by atoms with E-state index in [0.717, 1.165) is 0 Å². The van der Waals surface area contributed by atoms with Gasteiger partial charge < -0.3 is 10.8 Å². The number of sulfonamides is 1. The van der Waals surface area contributed by atoms with E-state index in [1.807, 2.05) is 13.8 Å². The highest BCUT2D eigenvalue weighted by molar-refractivity contribution is 7.90. The summed E-state index contributed by atoms with van der Waals surface area (Å²) in [7, 11) is -4.02. The zero-order valence-corrected chi connectivity index (χ0v) is 11.7. The van der Waals surface area contributed by atoms with Crippen LogP contribution in [0, 0.1) is 5.92 Å². The van der Waals surface area contributed by atoms with E-state index in [4.69, 9.17) is 10.9 Å². The third-order valence-corrected chi connectivity index (χ3v) is 5.88. The predicted octanol–water partition coefficient (Wildman–Crippen LogP) is 0.416. The Morgan fingerprint density at radius 1 is 1.39 bits per heavy atom. The van der Waals surface area contributed by atoms with Crippen LogP contribution < -0.4 is 10.9 Å². The van der Waals surface area contributed by atoms with E-state index < -0.39 is 26.3 Å². The second kappa shape index (κ2) is 4.79. The Hall–Kier alpha value is -0.660. The SMILES string of the molecule is CC(C)CCC1(S(N)(=O)=O)CCCC1(N)C(=O)O. The van der Waals surface area contributed by atoms with Gasteiger partial charge in [-0.05, 0) is 38.0 Å². The molecular weight excluding hydrogens is 256 g/mol. The van der Waals surface area contributed by atoms with Crippen LogP contribution in [0.15, 0.2) is 0 Å². The third kappa shape index (κ3) is 2.26. The Bertz CT molecular complexity index is 434. The number of primary sulfonamides is 1. The molecule has 2 unspecified atom stereocenters. The Balaban J connectivity index is 3.25. The van der Waals surface area contributed by atoms with Gasteiger partial charge in [0.25, 0.3) is 0 Å². The molecule has 0 aromatic carbocycles. The summed E-state index contributed by atoms with van der Waals surface area (Å²) in [6.45, 7) is 3.90. The number of nitrogens with two attached hydrogens (primary N) is 2. The first kappa shape index (κ1) is 15.4. The third-order valence-electron chi connectivity index (χ3n) is 4.02. The first-order valence-corrected chi connectivity index (χ1v) is 7.66. The standard InChI is InChI=1S/C11H22N2O4S/c1-8(2)4-7-10(18(13,16)17)5-3-6-11(10,12)9(14)15/h8H,3-7,12H2,1-2H3,(H,14,15)(H2,13,16,17). The number of hydrogen-bond donors (Lipinski definition) is 3. The summed E-state index contributed by atoms with van der Waals surface area (Å²) >= 11 is 0. The minimum Gasteiger partial charge on any atom is -0.480 e. The van der Waals surface area contributed by atoms with Crippen molar-refractivity contribution in [1.82, 2.24) is 0 Å². The molecular formula is C11H22N2O4S. The molecule has 0 bridgehead atoms. The molecule has 18 heavy (non-hydrogen) atoms. The van der Waals surface area contributed by atoms with Crippen LogP contribution in [0.4, 0.5) is 0 Å². The van der Waals surface area contributed by atoms with E-state index in [9.17, 15) is 18.3 Å². The minimum atomic E-state index is -4.02. The maximum Gasteiger partial charge on any atom is 0.325 e. The molecule has 5 N–H and O–H groups in total. The van der Waals surface area contributed by atoms with Crippen LogP contribution >= 0.6 is 0 Å². The van der Waals surface area contributed by atoms with Crippen molar-refractivity contribution in [1.29, 1.82) is 0 Å². The average molecular weight is 278 g/mol. The highest BCUT2D eigenvalue weighted by Crippen LogP contribution is 2.46. The van der Waals surface area contributed by atoms with Crippen LogP contribution in [0.2, 0.25) is 0 Å². The van der Waals surface area contributed by atoms with Gasteiger partial charge in [0.1, 0.15) is 10.3 Å². The summed E-state index contributed by atoms with van der Waals surface area (Å²) in [5.41, 5.74) is 4.13. The molecule has 0 amide bonds. The van der Waals surface area contributed by atoms with Crippen molar-refractivity contribution in [3.05, 3.63) is 0 Å². The first-order chi connectivity index (χ1) is 8.07. The molecule has 1 rings (SSSR count). The van der Waals surface area contributed by atoms with Crippen molar-refractivity contribution in [2.75, 3.05) is 0 Å². The fraction of sp³-hybridized carbons (Fsp3) is 0.909. The molecule has 0 saturated heterocycles.